The van der Waals surface area contributed by atoms with Gasteiger partial charge in [-0.15, -0.1) is 0 Å². The van der Waals surface area contributed by atoms with Crippen molar-refractivity contribution in [2.45, 2.75) is 34.5 Å². The van der Waals surface area contributed by atoms with Crippen molar-refractivity contribution in [3.63, 3.8) is 0 Å². The maximum Gasteiger partial charge on any atom is 0.318 e. The molecule has 118 valence electrons. The summed E-state index contributed by atoms with van der Waals surface area (Å²) < 4.78 is 9.67. The number of nitrogens with zero attached hydrogens (tertiary/aromatic N) is 1. The monoisotopic (exact) mass is 513 g/mol. The Morgan fingerprint density at radius 2 is 1.35 bits per heavy atom. The van der Waals surface area contributed by atoms with Crippen molar-refractivity contribution in [1.29, 1.82) is 0 Å². The van der Waals surface area contributed by atoms with Gasteiger partial charge in [0.25, 0.3) is 0 Å². The van der Waals surface area contributed by atoms with Crippen molar-refractivity contribution in [3.05, 3.63) is 0 Å². The molecular weight excluding hydrogens is 492 g/mol. The van der Waals surface area contributed by atoms with E-state index < -0.39 is 0 Å². The highest BCUT2D eigenvalue weighted by Gasteiger charge is 2.15. The van der Waals surface area contributed by atoms with Gasteiger partial charge in [0, 0.05) is 0 Å². The number of esters is 2. The van der Waals surface area contributed by atoms with Gasteiger partial charge in [-0.05, 0) is 12.8 Å². The molecule has 1 N–H and O–H groups in total. The normalized spacial score (nSPS) is 13.9. The summed E-state index contributed by atoms with van der Waals surface area (Å²) in [7, 11) is 0. The first-order valence-corrected chi connectivity index (χ1v) is 8.96. The number of hydrogen-bond acceptors (Lipinski definition) is 6. The second kappa shape index (κ2) is 11.9. The van der Waals surface area contributed by atoms with Gasteiger partial charge in [-0.25, -0.2) is 0 Å². The van der Waals surface area contributed by atoms with E-state index in [1.807, 2.05) is 59.0 Å². The Hall–Kier alpha value is 0.320. The fourth-order valence-electron chi connectivity index (χ4n) is 1.13. The van der Waals surface area contributed by atoms with Crippen LogP contribution in [-0.4, -0.2) is 56.4 Å². The highest BCUT2D eigenvalue weighted by molar-refractivity contribution is 14.1. The lowest BCUT2D eigenvalue weighted by Gasteiger charge is -2.16. The summed E-state index contributed by atoms with van der Waals surface area (Å²) in [6.07, 6.45) is 1.43. The zero-order valence-electron chi connectivity index (χ0n) is 11.7. The number of carbonyl (C=O) groups excluding carboxylic acids is 2. The number of hydrogen-bond donors (Lipinski definition) is 1. The van der Waals surface area contributed by atoms with Crippen molar-refractivity contribution >= 4 is 57.1 Å². The minimum absolute atomic E-state index is 0.118. The molecule has 8 heteroatoms. The SMILES string of the molecule is CCC(I)C(=O)OCCN(O)CCOC(=O)C(I)CC. The molecular formula is C12H21I2NO5. The van der Waals surface area contributed by atoms with Crippen LogP contribution < -0.4 is 0 Å². The number of hydroxylamine groups is 2. The molecule has 0 radical (unpaired) electrons. The van der Waals surface area contributed by atoms with Crippen LogP contribution >= 0.6 is 45.2 Å². The molecule has 0 saturated heterocycles. The van der Waals surface area contributed by atoms with Crippen LogP contribution in [0.25, 0.3) is 0 Å². The summed E-state index contributed by atoms with van der Waals surface area (Å²) in [5, 5.41) is 10.5. The van der Waals surface area contributed by atoms with E-state index in [0.717, 1.165) is 5.06 Å². The highest BCUT2D eigenvalue weighted by atomic mass is 127. The third kappa shape index (κ3) is 9.29. The zero-order valence-corrected chi connectivity index (χ0v) is 16.0. The molecule has 0 aromatic carbocycles. The van der Waals surface area contributed by atoms with E-state index in [1.165, 1.54) is 0 Å². The summed E-state index contributed by atoms with van der Waals surface area (Å²) in [6, 6.07) is 0. The number of alkyl halides is 2. The molecule has 0 spiro atoms. The summed E-state index contributed by atoms with van der Waals surface area (Å²) in [4.78, 5) is 22.7. The van der Waals surface area contributed by atoms with Gasteiger partial charge in [0.15, 0.2) is 0 Å². The summed E-state index contributed by atoms with van der Waals surface area (Å²) in [5.41, 5.74) is 0. The fraction of sp³-hybridized carbons (Fsp3) is 0.833. The van der Waals surface area contributed by atoms with E-state index in [4.69, 9.17) is 9.47 Å². The van der Waals surface area contributed by atoms with Gasteiger partial charge in [-0.1, -0.05) is 59.0 Å². The lowest BCUT2D eigenvalue weighted by molar-refractivity contribution is -0.153. The highest BCUT2D eigenvalue weighted by Crippen LogP contribution is 2.08. The van der Waals surface area contributed by atoms with Crippen LogP contribution in [0.5, 0.6) is 0 Å². The minimum Gasteiger partial charge on any atom is -0.463 e. The third-order valence-corrected chi connectivity index (χ3v) is 5.19. The smallest absolute Gasteiger partial charge is 0.318 e. The Bertz CT molecular complexity index is 276. The topological polar surface area (TPSA) is 76.1 Å². The number of ether oxygens (including phenoxy) is 2. The quantitative estimate of drug-likeness (QED) is 0.209. The number of halogens is 2. The average Bonchev–Trinajstić information content (AvgIpc) is 2.44. The minimum atomic E-state index is -0.274. The lowest BCUT2D eigenvalue weighted by atomic mass is 10.3. The Balaban J connectivity index is 3.67. The largest absolute Gasteiger partial charge is 0.463 e. The van der Waals surface area contributed by atoms with Gasteiger partial charge in [0.1, 0.15) is 21.1 Å². The van der Waals surface area contributed by atoms with E-state index in [-0.39, 0.29) is 46.1 Å². The molecule has 0 aliphatic carbocycles. The van der Waals surface area contributed by atoms with E-state index in [9.17, 15) is 14.8 Å². The van der Waals surface area contributed by atoms with Crippen molar-refractivity contribution in [2.24, 2.45) is 0 Å². The summed E-state index contributed by atoms with van der Waals surface area (Å²) in [5.74, 6) is -0.549. The molecule has 0 saturated carbocycles. The number of rotatable bonds is 10. The molecule has 0 aliphatic rings. The average molecular weight is 513 g/mol. The van der Waals surface area contributed by atoms with E-state index >= 15 is 0 Å². The molecule has 0 fully saturated rings. The van der Waals surface area contributed by atoms with Gasteiger partial charge in [-0.2, -0.15) is 5.06 Å². The predicted molar refractivity (Wildman–Crippen MR) is 91.5 cm³/mol. The molecule has 2 unspecified atom stereocenters. The fourth-order valence-corrected chi connectivity index (χ4v) is 1.49. The zero-order chi connectivity index (χ0) is 15.5. The van der Waals surface area contributed by atoms with Crippen LogP contribution in [0.15, 0.2) is 0 Å². The summed E-state index contributed by atoms with van der Waals surface area (Å²) >= 11 is 4.04. The van der Waals surface area contributed by atoms with Crippen molar-refractivity contribution in [1.82, 2.24) is 5.06 Å². The molecule has 0 heterocycles. The van der Waals surface area contributed by atoms with Crippen LogP contribution in [0.1, 0.15) is 26.7 Å². The molecule has 0 rings (SSSR count). The van der Waals surface area contributed by atoms with Crippen molar-refractivity contribution in [3.8, 4) is 0 Å². The van der Waals surface area contributed by atoms with Crippen molar-refractivity contribution < 1.29 is 24.3 Å². The first-order valence-electron chi connectivity index (χ1n) is 6.47. The van der Waals surface area contributed by atoms with Gasteiger partial charge < -0.3 is 14.7 Å². The number of carbonyl (C=O) groups is 2. The lowest BCUT2D eigenvalue weighted by Crippen LogP contribution is -2.31. The first kappa shape index (κ1) is 20.3. The molecule has 0 amide bonds. The van der Waals surface area contributed by atoms with E-state index in [2.05, 4.69) is 0 Å². The standard InChI is InChI=1S/C12H21I2NO5/c1-3-9(13)11(16)19-7-5-15(18)6-8-20-12(17)10(14)4-2/h9-10,18H,3-8H2,1-2H3. The van der Waals surface area contributed by atoms with Gasteiger partial charge >= 0.3 is 11.9 Å². The Labute approximate surface area is 146 Å². The third-order valence-electron chi connectivity index (χ3n) is 2.42. The summed E-state index contributed by atoms with van der Waals surface area (Å²) in [6.45, 7) is 4.43. The van der Waals surface area contributed by atoms with Crippen LogP contribution in [0.4, 0.5) is 0 Å². The van der Waals surface area contributed by atoms with Gasteiger partial charge in [-0.3, -0.25) is 9.59 Å². The molecule has 0 aliphatic heterocycles. The Morgan fingerprint density at radius 3 is 1.65 bits per heavy atom. The molecule has 20 heavy (non-hydrogen) atoms. The predicted octanol–water partition coefficient (Wildman–Crippen LogP) is 2.19. The van der Waals surface area contributed by atoms with Gasteiger partial charge in [0.05, 0.1) is 13.1 Å². The first-order chi connectivity index (χ1) is 9.42. The molecule has 0 aromatic rings. The van der Waals surface area contributed by atoms with E-state index in [1.54, 1.807) is 0 Å². The van der Waals surface area contributed by atoms with Crippen LogP contribution in [-0.2, 0) is 19.1 Å². The molecule has 6 nitrogen and oxygen atoms in total. The molecule has 0 aromatic heterocycles. The second-order valence-electron chi connectivity index (χ2n) is 4.04. The second-order valence-corrected chi connectivity index (χ2v) is 7.05. The molecule has 2 atom stereocenters. The van der Waals surface area contributed by atoms with E-state index in [0.29, 0.717) is 12.8 Å². The maximum absolute atomic E-state index is 11.4. The van der Waals surface area contributed by atoms with Crippen LogP contribution in [0.2, 0.25) is 0 Å². The molecule has 0 bridgehead atoms. The maximum atomic E-state index is 11.4. The Kier molecular flexibility index (Phi) is 12.1. The van der Waals surface area contributed by atoms with Crippen LogP contribution in [0.3, 0.4) is 0 Å². The van der Waals surface area contributed by atoms with Crippen molar-refractivity contribution in [2.75, 3.05) is 26.3 Å². The van der Waals surface area contributed by atoms with Gasteiger partial charge in [0.2, 0.25) is 0 Å². The van der Waals surface area contributed by atoms with Crippen LogP contribution in [0, 0.1) is 0 Å². The Morgan fingerprint density at radius 1 is 1.00 bits per heavy atom.